The minimum atomic E-state index is -1.38. The molecule has 0 amide bonds. The fourth-order valence-electron chi connectivity index (χ4n) is 12.1. The van der Waals surface area contributed by atoms with Gasteiger partial charge in [-0.15, -0.1) is 0 Å². The molecule has 5 aliphatic rings. The van der Waals surface area contributed by atoms with Crippen molar-refractivity contribution < 1.29 is 14.6 Å². The predicted octanol–water partition coefficient (Wildman–Crippen LogP) is 7.65. The first-order valence-electron chi connectivity index (χ1n) is 14.9. The number of rotatable bonds is 1. The Morgan fingerprint density at radius 2 is 1.46 bits per heavy atom. The van der Waals surface area contributed by atoms with Crippen LogP contribution >= 0.6 is 0 Å². The van der Waals surface area contributed by atoms with Crippen molar-refractivity contribution in [1.29, 1.82) is 0 Å². The van der Waals surface area contributed by atoms with Crippen LogP contribution in [0.3, 0.4) is 0 Å². The second-order valence-electron chi connectivity index (χ2n) is 15.8. The maximum atomic E-state index is 13.3. The monoisotopic (exact) mass is 486 g/mol. The average Bonchev–Trinajstić information content (AvgIpc) is 2.79. The van der Waals surface area contributed by atoms with Gasteiger partial charge in [0.15, 0.2) is 5.60 Å². The van der Waals surface area contributed by atoms with E-state index >= 15 is 0 Å². The van der Waals surface area contributed by atoms with Gasteiger partial charge in [0.1, 0.15) is 0 Å². The molecule has 5 aliphatic carbocycles. The molecule has 1 unspecified atom stereocenters. The highest BCUT2D eigenvalue weighted by Crippen LogP contribution is 2.78. The molecule has 0 bridgehead atoms. The fraction of sp³-hybridized carbons (Fsp3) is 0.969. The molecule has 0 radical (unpaired) electrons. The summed E-state index contributed by atoms with van der Waals surface area (Å²) in [6.45, 7) is 20.0. The smallest absolute Gasteiger partial charge is 0.338 e. The quantitative estimate of drug-likeness (QED) is 0.387. The topological polar surface area (TPSA) is 46.5 Å². The number of esters is 1. The summed E-state index contributed by atoms with van der Waals surface area (Å²) in [5.74, 6) is 3.46. The number of hydrogen-bond acceptors (Lipinski definition) is 3. The molecule has 0 saturated heterocycles. The molecule has 5 fully saturated rings. The van der Waals surface area contributed by atoms with E-state index in [0.29, 0.717) is 23.7 Å². The summed E-state index contributed by atoms with van der Waals surface area (Å²) in [6.07, 6.45) is 11.6. The van der Waals surface area contributed by atoms with Gasteiger partial charge in [-0.1, -0.05) is 55.4 Å². The van der Waals surface area contributed by atoms with E-state index in [1.807, 2.05) is 0 Å². The molecule has 1 N–H and O–H groups in total. The summed E-state index contributed by atoms with van der Waals surface area (Å²) in [4.78, 5) is 13.3. The Kier molecular flexibility index (Phi) is 5.76. The number of hydrogen-bond donors (Lipinski definition) is 1. The van der Waals surface area contributed by atoms with E-state index in [1.54, 1.807) is 0 Å². The van der Waals surface area contributed by atoms with Crippen LogP contribution in [0.15, 0.2) is 0 Å². The highest BCUT2D eigenvalue weighted by atomic mass is 16.5. The van der Waals surface area contributed by atoms with E-state index in [0.717, 1.165) is 42.9 Å². The lowest BCUT2D eigenvalue weighted by Gasteiger charge is -2.75. The maximum Gasteiger partial charge on any atom is 0.338 e. The zero-order chi connectivity index (χ0) is 25.8. The summed E-state index contributed by atoms with van der Waals surface area (Å²) >= 11 is 0. The lowest BCUT2D eigenvalue weighted by Crippen LogP contribution is -2.73. The van der Waals surface area contributed by atoms with E-state index in [-0.39, 0.29) is 22.2 Å². The average molecular weight is 487 g/mol. The van der Waals surface area contributed by atoms with E-state index in [9.17, 15) is 9.90 Å². The predicted molar refractivity (Wildman–Crippen MR) is 142 cm³/mol. The van der Waals surface area contributed by atoms with Crippen LogP contribution in [0.2, 0.25) is 0 Å². The highest BCUT2D eigenvalue weighted by Gasteiger charge is 2.75. The molecule has 0 aromatic heterocycles. The van der Waals surface area contributed by atoms with Gasteiger partial charge in [-0.25, -0.2) is 4.79 Å². The molecule has 3 nitrogen and oxygen atoms in total. The summed E-state index contributed by atoms with van der Waals surface area (Å²) in [7, 11) is 1.46. The number of aliphatic hydroxyl groups is 1. The van der Waals surface area contributed by atoms with Crippen molar-refractivity contribution >= 4 is 5.97 Å². The highest BCUT2D eigenvalue weighted by molar-refractivity contribution is 5.81. The van der Waals surface area contributed by atoms with E-state index in [1.165, 1.54) is 45.6 Å². The van der Waals surface area contributed by atoms with Crippen LogP contribution in [0.1, 0.15) is 120 Å². The lowest BCUT2D eigenvalue weighted by molar-refractivity contribution is -0.291. The molecule has 5 saturated carbocycles. The van der Waals surface area contributed by atoms with E-state index in [4.69, 9.17) is 4.74 Å². The van der Waals surface area contributed by atoms with Gasteiger partial charge in [0.05, 0.1) is 7.11 Å². The van der Waals surface area contributed by atoms with Crippen molar-refractivity contribution in [2.45, 2.75) is 125 Å². The van der Waals surface area contributed by atoms with Gasteiger partial charge in [-0.05, 0) is 121 Å². The van der Waals surface area contributed by atoms with Gasteiger partial charge in [0, 0.05) is 5.41 Å². The van der Waals surface area contributed by atoms with Gasteiger partial charge < -0.3 is 9.84 Å². The Balaban J connectivity index is 1.61. The molecule has 200 valence electrons. The second kappa shape index (κ2) is 7.73. The Morgan fingerprint density at radius 1 is 0.771 bits per heavy atom. The molecule has 11 atom stereocenters. The summed E-state index contributed by atoms with van der Waals surface area (Å²) in [5, 5.41) is 12.3. The molecule has 3 heteroatoms. The van der Waals surface area contributed by atoms with E-state index < -0.39 is 11.0 Å². The number of methoxy groups -OCH3 is 1. The number of carbonyl (C=O) groups excluding carboxylic acids is 1. The van der Waals surface area contributed by atoms with Crippen molar-refractivity contribution in [2.24, 2.45) is 62.6 Å². The standard InChI is InChI=1S/C32H54O3/c1-20-12-14-28(5)17-18-29(6)22(25(28)21(20)2)10-11-24-30(29,7)15-13-23-27(3,4)16-19-32(34,26(33)35-9)31(23,24)8/h20-25,34H,10-19H2,1-9H3/t20-,21+,22-,23+,24+,25+,28-,29-,30-,31+,32?/m1/s1. The van der Waals surface area contributed by atoms with Crippen molar-refractivity contribution in [3.63, 3.8) is 0 Å². The van der Waals surface area contributed by atoms with Crippen molar-refractivity contribution in [2.75, 3.05) is 7.11 Å². The van der Waals surface area contributed by atoms with Crippen LogP contribution in [0.5, 0.6) is 0 Å². The van der Waals surface area contributed by atoms with Crippen LogP contribution in [-0.4, -0.2) is 23.8 Å². The Bertz CT molecular complexity index is 880. The number of ether oxygens (including phenoxy) is 1. The normalized spacial score (nSPS) is 57.2. The first-order valence-corrected chi connectivity index (χ1v) is 14.9. The van der Waals surface area contributed by atoms with Crippen LogP contribution < -0.4 is 0 Å². The molecular formula is C32H54O3. The number of fused-ring (bicyclic) bond motifs is 7. The van der Waals surface area contributed by atoms with Crippen LogP contribution in [-0.2, 0) is 9.53 Å². The Labute approximate surface area is 215 Å². The molecule has 35 heavy (non-hydrogen) atoms. The minimum Gasteiger partial charge on any atom is -0.467 e. The third-order valence-corrected chi connectivity index (χ3v) is 14.6. The molecule has 0 heterocycles. The molecule has 0 spiro atoms. The molecule has 5 rings (SSSR count). The number of carbonyl (C=O) groups is 1. The van der Waals surface area contributed by atoms with Gasteiger partial charge in [-0.3, -0.25) is 0 Å². The molecule has 0 aromatic rings. The van der Waals surface area contributed by atoms with Gasteiger partial charge in [0.25, 0.3) is 0 Å². The molecule has 0 aromatic carbocycles. The second-order valence-corrected chi connectivity index (χ2v) is 15.8. The van der Waals surface area contributed by atoms with Crippen molar-refractivity contribution in [3.05, 3.63) is 0 Å². The first kappa shape index (κ1) is 26.1. The van der Waals surface area contributed by atoms with E-state index in [2.05, 4.69) is 55.4 Å². The summed E-state index contributed by atoms with van der Waals surface area (Å²) in [5.41, 5.74) is -0.814. The van der Waals surface area contributed by atoms with Crippen molar-refractivity contribution in [1.82, 2.24) is 0 Å². The van der Waals surface area contributed by atoms with Gasteiger partial charge in [-0.2, -0.15) is 0 Å². The van der Waals surface area contributed by atoms with Crippen LogP contribution in [0.25, 0.3) is 0 Å². The minimum absolute atomic E-state index is 0.131. The third kappa shape index (κ3) is 3.03. The van der Waals surface area contributed by atoms with Crippen molar-refractivity contribution in [3.8, 4) is 0 Å². The zero-order valence-electron chi connectivity index (χ0n) is 24.3. The summed E-state index contributed by atoms with van der Waals surface area (Å²) < 4.78 is 5.34. The lowest BCUT2D eigenvalue weighted by atomic mass is 9.30. The Hall–Kier alpha value is -0.570. The SMILES string of the molecule is COC(=O)C1(O)CCC(C)(C)[C@@H]2CC[C@]3(C)[C@H](CC[C@@H]4[C@@H]5[C@@H](C)[C@H](C)CC[C@]5(C)CC[C@]43C)[C@]21C. The zero-order valence-corrected chi connectivity index (χ0v) is 24.3. The first-order chi connectivity index (χ1) is 16.1. The van der Waals surface area contributed by atoms with Gasteiger partial charge >= 0.3 is 5.97 Å². The fourth-order valence-corrected chi connectivity index (χ4v) is 12.1. The largest absolute Gasteiger partial charge is 0.467 e. The van der Waals surface area contributed by atoms with Gasteiger partial charge in [0.2, 0.25) is 0 Å². The van der Waals surface area contributed by atoms with Crippen LogP contribution in [0, 0.1) is 62.6 Å². The van der Waals surface area contributed by atoms with Crippen LogP contribution in [0.4, 0.5) is 0 Å². The maximum absolute atomic E-state index is 13.3. The molecular weight excluding hydrogens is 432 g/mol. The Morgan fingerprint density at radius 3 is 2.11 bits per heavy atom. The molecule has 0 aliphatic heterocycles. The third-order valence-electron chi connectivity index (χ3n) is 14.6. The summed E-state index contributed by atoms with van der Waals surface area (Å²) in [6, 6.07) is 0.